The summed E-state index contributed by atoms with van der Waals surface area (Å²) in [6.45, 7) is 9.99. The molecule has 0 bridgehead atoms. The highest BCUT2D eigenvalue weighted by Gasteiger charge is 2.17. The molecular weight excluding hydrogens is 304 g/mol. The number of anilines is 1. The molecule has 132 valence electrons. The Balaban J connectivity index is 1.62. The SMILES string of the molecule is Cc1nc(N(C)CCCCN2CCOCC2)c2c(C)nn(C)c2n1. The average Bonchev–Trinajstić information content (AvgIpc) is 2.86. The lowest BCUT2D eigenvalue weighted by molar-refractivity contribution is 0.0372. The van der Waals surface area contributed by atoms with Crippen molar-refractivity contribution in [2.24, 2.45) is 7.05 Å². The van der Waals surface area contributed by atoms with Gasteiger partial charge in [-0.25, -0.2) is 9.97 Å². The number of aryl methyl sites for hydroxylation is 3. The normalized spacial score (nSPS) is 16.0. The van der Waals surface area contributed by atoms with Crippen LogP contribution in [0.3, 0.4) is 0 Å². The van der Waals surface area contributed by atoms with Crippen LogP contribution < -0.4 is 4.90 Å². The van der Waals surface area contributed by atoms with E-state index in [4.69, 9.17) is 4.74 Å². The van der Waals surface area contributed by atoms with E-state index in [0.29, 0.717) is 0 Å². The van der Waals surface area contributed by atoms with E-state index in [1.807, 2.05) is 25.6 Å². The highest BCUT2D eigenvalue weighted by atomic mass is 16.5. The second-order valence-electron chi connectivity index (χ2n) is 6.58. The molecule has 2 aromatic heterocycles. The molecule has 0 amide bonds. The van der Waals surface area contributed by atoms with Crippen molar-refractivity contribution in [2.45, 2.75) is 26.7 Å². The van der Waals surface area contributed by atoms with Crippen molar-refractivity contribution in [3.05, 3.63) is 11.5 Å². The van der Waals surface area contributed by atoms with Crippen molar-refractivity contribution >= 4 is 16.9 Å². The summed E-state index contributed by atoms with van der Waals surface area (Å²) in [5.74, 6) is 1.79. The molecule has 1 saturated heterocycles. The molecule has 0 spiro atoms. The topological polar surface area (TPSA) is 59.3 Å². The number of morpholine rings is 1. The highest BCUT2D eigenvalue weighted by Crippen LogP contribution is 2.26. The van der Waals surface area contributed by atoms with Crippen LogP contribution in [0.5, 0.6) is 0 Å². The van der Waals surface area contributed by atoms with E-state index < -0.39 is 0 Å². The van der Waals surface area contributed by atoms with Gasteiger partial charge in [-0.1, -0.05) is 0 Å². The van der Waals surface area contributed by atoms with Crippen molar-refractivity contribution in [3.63, 3.8) is 0 Å². The number of fused-ring (bicyclic) bond motifs is 1. The number of hydrogen-bond donors (Lipinski definition) is 0. The van der Waals surface area contributed by atoms with Gasteiger partial charge in [-0.2, -0.15) is 5.10 Å². The smallest absolute Gasteiger partial charge is 0.163 e. The Hall–Kier alpha value is -1.73. The third-order valence-corrected chi connectivity index (χ3v) is 4.63. The first-order chi connectivity index (χ1) is 11.6. The van der Waals surface area contributed by atoms with Gasteiger partial charge < -0.3 is 9.64 Å². The van der Waals surface area contributed by atoms with Crippen LogP contribution in [0.4, 0.5) is 5.82 Å². The van der Waals surface area contributed by atoms with E-state index in [9.17, 15) is 0 Å². The first kappa shape index (κ1) is 17.1. The molecule has 0 radical (unpaired) electrons. The molecule has 0 unspecified atom stereocenters. The zero-order valence-electron chi connectivity index (χ0n) is 15.2. The lowest BCUT2D eigenvalue weighted by atomic mass is 10.2. The van der Waals surface area contributed by atoms with Gasteiger partial charge >= 0.3 is 0 Å². The third kappa shape index (κ3) is 3.67. The molecule has 24 heavy (non-hydrogen) atoms. The van der Waals surface area contributed by atoms with Gasteiger partial charge in [0.25, 0.3) is 0 Å². The summed E-state index contributed by atoms with van der Waals surface area (Å²) in [7, 11) is 4.05. The largest absolute Gasteiger partial charge is 0.379 e. The van der Waals surface area contributed by atoms with Gasteiger partial charge in [0.2, 0.25) is 0 Å². The summed E-state index contributed by atoms with van der Waals surface area (Å²) in [6, 6.07) is 0. The molecule has 1 fully saturated rings. The Labute approximate surface area is 143 Å². The molecule has 0 N–H and O–H groups in total. The maximum atomic E-state index is 5.40. The Morgan fingerprint density at radius 3 is 2.62 bits per heavy atom. The van der Waals surface area contributed by atoms with Gasteiger partial charge in [0.1, 0.15) is 11.6 Å². The molecule has 0 aromatic carbocycles. The van der Waals surface area contributed by atoms with Crippen molar-refractivity contribution in [1.82, 2.24) is 24.6 Å². The summed E-state index contributed by atoms with van der Waals surface area (Å²) in [5, 5.41) is 5.57. The first-order valence-corrected chi connectivity index (χ1v) is 8.75. The zero-order valence-corrected chi connectivity index (χ0v) is 15.2. The minimum atomic E-state index is 0.792. The van der Waals surface area contributed by atoms with Crippen molar-refractivity contribution in [3.8, 4) is 0 Å². The van der Waals surface area contributed by atoms with Gasteiger partial charge in [0.05, 0.1) is 24.3 Å². The van der Waals surface area contributed by atoms with Crippen molar-refractivity contribution in [2.75, 3.05) is 51.3 Å². The fraction of sp³-hybridized carbons (Fsp3) is 0.706. The summed E-state index contributed by atoms with van der Waals surface area (Å²) in [4.78, 5) is 13.9. The summed E-state index contributed by atoms with van der Waals surface area (Å²) in [5.41, 5.74) is 1.90. The van der Waals surface area contributed by atoms with Crippen LogP contribution in [-0.2, 0) is 11.8 Å². The van der Waals surface area contributed by atoms with Crippen LogP contribution in [0.15, 0.2) is 0 Å². The molecular formula is C17H28N6O. The Bertz CT molecular complexity index is 692. The van der Waals surface area contributed by atoms with Crippen LogP contribution in [-0.4, -0.2) is 71.1 Å². The first-order valence-electron chi connectivity index (χ1n) is 8.75. The van der Waals surface area contributed by atoms with Crippen molar-refractivity contribution in [1.29, 1.82) is 0 Å². The predicted molar refractivity (Wildman–Crippen MR) is 95.5 cm³/mol. The molecule has 0 aliphatic carbocycles. The van der Waals surface area contributed by atoms with Crippen LogP contribution in [0.2, 0.25) is 0 Å². The van der Waals surface area contributed by atoms with Gasteiger partial charge in [-0.05, 0) is 33.2 Å². The van der Waals surface area contributed by atoms with Gasteiger partial charge in [-0.3, -0.25) is 9.58 Å². The standard InChI is InChI=1S/C17H28N6O/c1-13-15-16(18-14(2)19-17(15)22(4)20-13)21(3)7-5-6-8-23-9-11-24-12-10-23/h5-12H2,1-4H3. The van der Waals surface area contributed by atoms with E-state index >= 15 is 0 Å². The molecule has 7 heteroatoms. The van der Waals surface area contributed by atoms with E-state index in [1.54, 1.807) is 0 Å². The molecule has 0 saturated carbocycles. The second-order valence-corrected chi connectivity index (χ2v) is 6.58. The quantitative estimate of drug-likeness (QED) is 0.748. The number of unbranched alkanes of at least 4 members (excludes halogenated alkanes) is 1. The second kappa shape index (κ2) is 7.44. The molecule has 3 rings (SSSR count). The van der Waals surface area contributed by atoms with Crippen LogP contribution >= 0.6 is 0 Å². The molecule has 1 aliphatic heterocycles. The molecule has 0 atom stereocenters. The Morgan fingerprint density at radius 1 is 1.12 bits per heavy atom. The Morgan fingerprint density at radius 2 is 1.88 bits per heavy atom. The van der Waals surface area contributed by atoms with Crippen molar-refractivity contribution < 1.29 is 4.74 Å². The van der Waals surface area contributed by atoms with Crippen LogP contribution in [0.1, 0.15) is 24.4 Å². The molecule has 3 heterocycles. The average molecular weight is 332 g/mol. The fourth-order valence-electron chi connectivity index (χ4n) is 3.31. The molecule has 1 aliphatic rings. The number of aromatic nitrogens is 4. The van der Waals surface area contributed by atoms with E-state index in [0.717, 1.165) is 74.2 Å². The lowest BCUT2D eigenvalue weighted by Crippen LogP contribution is -2.37. The monoisotopic (exact) mass is 332 g/mol. The van der Waals surface area contributed by atoms with Gasteiger partial charge in [0.15, 0.2) is 5.65 Å². The predicted octanol–water partition coefficient (Wildman–Crippen LogP) is 1.53. The minimum Gasteiger partial charge on any atom is -0.379 e. The maximum absolute atomic E-state index is 5.40. The lowest BCUT2D eigenvalue weighted by Gasteiger charge is -2.27. The minimum absolute atomic E-state index is 0.792. The fourth-order valence-corrected chi connectivity index (χ4v) is 3.31. The number of ether oxygens (including phenoxy) is 1. The number of rotatable bonds is 6. The maximum Gasteiger partial charge on any atom is 0.163 e. The number of hydrogen-bond acceptors (Lipinski definition) is 6. The van der Waals surface area contributed by atoms with Gasteiger partial charge in [0, 0.05) is 33.7 Å². The van der Waals surface area contributed by atoms with Gasteiger partial charge in [-0.15, -0.1) is 0 Å². The summed E-state index contributed by atoms with van der Waals surface area (Å²) >= 11 is 0. The van der Waals surface area contributed by atoms with E-state index in [2.05, 4.69) is 31.9 Å². The zero-order chi connectivity index (χ0) is 17.1. The summed E-state index contributed by atoms with van der Waals surface area (Å²) < 4.78 is 7.24. The number of nitrogens with zero attached hydrogens (tertiary/aromatic N) is 6. The van der Waals surface area contributed by atoms with Crippen LogP contribution in [0.25, 0.3) is 11.0 Å². The molecule has 2 aromatic rings. The molecule has 7 nitrogen and oxygen atoms in total. The highest BCUT2D eigenvalue weighted by molar-refractivity contribution is 5.89. The van der Waals surface area contributed by atoms with Crippen LogP contribution in [0, 0.1) is 13.8 Å². The van der Waals surface area contributed by atoms with E-state index in [1.165, 1.54) is 6.42 Å². The third-order valence-electron chi connectivity index (χ3n) is 4.63. The van der Waals surface area contributed by atoms with E-state index in [-0.39, 0.29) is 0 Å². The Kier molecular flexibility index (Phi) is 5.30. The summed E-state index contributed by atoms with van der Waals surface area (Å²) in [6.07, 6.45) is 2.35.